The number of halogens is 1. The molecule has 3 nitrogen and oxygen atoms in total. The fraction of sp³-hybridized carbons (Fsp3) is 0.133. The van der Waals surface area contributed by atoms with E-state index < -0.39 is 5.82 Å². The summed E-state index contributed by atoms with van der Waals surface area (Å²) >= 11 is 0. The second kappa shape index (κ2) is 5.10. The Hall–Kier alpha value is -2.36. The van der Waals surface area contributed by atoms with Gasteiger partial charge in [0.05, 0.1) is 12.7 Å². The third kappa shape index (κ3) is 2.57. The fourth-order valence-corrected chi connectivity index (χ4v) is 1.89. The topological polar surface area (TPSA) is 52.3 Å². The molecule has 0 heterocycles. The minimum atomic E-state index is -0.597. The van der Waals surface area contributed by atoms with Crippen molar-refractivity contribution in [2.75, 3.05) is 12.8 Å². The quantitative estimate of drug-likeness (QED) is 0.681. The molecule has 0 unspecified atom stereocenters. The molecule has 2 N–H and O–H groups in total. The van der Waals surface area contributed by atoms with Gasteiger partial charge < -0.3 is 10.5 Å². The van der Waals surface area contributed by atoms with Crippen LogP contribution in [0.25, 0.3) is 0 Å². The van der Waals surface area contributed by atoms with Crippen LogP contribution in [0.5, 0.6) is 5.75 Å². The molecule has 4 heteroatoms. The first-order valence-electron chi connectivity index (χ1n) is 5.77. The maximum Gasteiger partial charge on any atom is 0.196 e. The van der Waals surface area contributed by atoms with Crippen molar-refractivity contribution < 1.29 is 13.9 Å². The maximum atomic E-state index is 13.9. The van der Waals surface area contributed by atoms with E-state index in [1.54, 1.807) is 31.2 Å². The summed E-state index contributed by atoms with van der Waals surface area (Å²) in [6.07, 6.45) is 0. The van der Waals surface area contributed by atoms with Gasteiger partial charge in [-0.25, -0.2) is 4.39 Å². The Bertz CT molecular complexity index is 638. The van der Waals surface area contributed by atoms with Gasteiger partial charge in [-0.1, -0.05) is 0 Å². The lowest BCUT2D eigenvalue weighted by molar-refractivity contribution is 0.103. The van der Waals surface area contributed by atoms with Gasteiger partial charge in [0.25, 0.3) is 0 Å². The zero-order valence-electron chi connectivity index (χ0n) is 10.7. The SMILES string of the molecule is COc1ccc(C(=O)c2ccc(N)cc2C)c(F)c1. The predicted octanol–water partition coefficient (Wildman–Crippen LogP) is 2.96. The third-order valence-corrected chi connectivity index (χ3v) is 2.92. The molecule has 0 aromatic heterocycles. The highest BCUT2D eigenvalue weighted by atomic mass is 19.1. The standard InChI is InChI=1S/C15H14FNO2/c1-9-7-10(17)3-5-12(9)15(18)13-6-4-11(19-2)8-14(13)16/h3-8H,17H2,1-2H3. The van der Waals surface area contributed by atoms with Crippen molar-refractivity contribution in [1.82, 2.24) is 0 Å². The van der Waals surface area contributed by atoms with Gasteiger partial charge in [0.2, 0.25) is 0 Å². The summed E-state index contributed by atoms with van der Waals surface area (Å²) in [6.45, 7) is 1.77. The van der Waals surface area contributed by atoms with Gasteiger partial charge in [-0.05, 0) is 42.8 Å². The molecule has 2 aromatic carbocycles. The first-order valence-corrected chi connectivity index (χ1v) is 5.77. The van der Waals surface area contributed by atoms with Gasteiger partial charge in [-0.15, -0.1) is 0 Å². The van der Waals surface area contributed by atoms with Crippen LogP contribution < -0.4 is 10.5 Å². The Kier molecular flexibility index (Phi) is 3.51. The highest BCUT2D eigenvalue weighted by Crippen LogP contribution is 2.21. The van der Waals surface area contributed by atoms with Crippen molar-refractivity contribution in [1.29, 1.82) is 0 Å². The zero-order valence-corrected chi connectivity index (χ0v) is 10.7. The molecule has 0 bridgehead atoms. The minimum absolute atomic E-state index is 0.0219. The minimum Gasteiger partial charge on any atom is -0.497 e. The van der Waals surface area contributed by atoms with Crippen LogP contribution in [0.3, 0.4) is 0 Å². The molecule has 0 radical (unpaired) electrons. The summed E-state index contributed by atoms with van der Waals surface area (Å²) < 4.78 is 18.8. The lowest BCUT2D eigenvalue weighted by atomic mass is 9.98. The van der Waals surface area contributed by atoms with Crippen molar-refractivity contribution >= 4 is 11.5 Å². The van der Waals surface area contributed by atoms with Crippen molar-refractivity contribution in [3.05, 3.63) is 58.9 Å². The summed E-state index contributed by atoms with van der Waals surface area (Å²) in [5, 5.41) is 0. The molecule has 98 valence electrons. The highest BCUT2D eigenvalue weighted by Gasteiger charge is 2.16. The average molecular weight is 259 g/mol. The van der Waals surface area contributed by atoms with Crippen LogP contribution in [-0.4, -0.2) is 12.9 Å². The van der Waals surface area contributed by atoms with E-state index in [9.17, 15) is 9.18 Å². The van der Waals surface area contributed by atoms with E-state index in [1.165, 1.54) is 19.2 Å². The molecule has 0 spiro atoms. The molecule has 0 aliphatic rings. The monoisotopic (exact) mass is 259 g/mol. The summed E-state index contributed by atoms with van der Waals surface area (Å²) in [6, 6.07) is 9.10. The second-order valence-corrected chi connectivity index (χ2v) is 4.25. The molecule has 0 aliphatic carbocycles. The summed E-state index contributed by atoms with van der Waals surface area (Å²) in [4.78, 5) is 12.3. The Labute approximate surface area is 110 Å². The van der Waals surface area contributed by atoms with Gasteiger partial charge in [0.15, 0.2) is 5.78 Å². The van der Waals surface area contributed by atoms with Crippen LogP contribution in [-0.2, 0) is 0 Å². The maximum absolute atomic E-state index is 13.9. The fourth-order valence-electron chi connectivity index (χ4n) is 1.89. The van der Waals surface area contributed by atoms with E-state index in [2.05, 4.69) is 0 Å². The van der Waals surface area contributed by atoms with Gasteiger partial charge in [-0.3, -0.25) is 4.79 Å². The number of carbonyl (C=O) groups excluding carboxylic acids is 1. The van der Waals surface area contributed by atoms with E-state index in [0.29, 0.717) is 17.0 Å². The number of hydrogen-bond donors (Lipinski definition) is 1. The van der Waals surface area contributed by atoms with Gasteiger partial charge >= 0.3 is 0 Å². The van der Waals surface area contributed by atoms with Crippen molar-refractivity contribution in [2.45, 2.75) is 6.92 Å². The van der Waals surface area contributed by atoms with Crippen LogP contribution in [0.2, 0.25) is 0 Å². The molecule has 0 fully saturated rings. The molecule has 0 saturated heterocycles. The Morgan fingerprint density at radius 1 is 1.16 bits per heavy atom. The smallest absolute Gasteiger partial charge is 0.196 e. The van der Waals surface area contributed by atoms with Crippen LogP contribution in [0.4, 0.5) is 10.1 Å². The van der Waals surface area contributed by atoms with Gasteiger partial charge in [0, 0.05) is 17.3 Å². The molecule has 2 rings (SSSR count). The molecule has 0 atom stereocenters. The Balaban J connectivity index is 2.44. The third-order valence-electron chi connectivity index (χ3n) is 2.92. The highest BCUT2D eigenvalue weighted by molar-refractivity contribution is 6.10. The number of anilines is 1. The van der Waals surface area contributed by atoms with Gasteiger partial charge in [0.1, 0.15) is 11.6 Å². The molecular weight excluding hydrogens is 245 g/mol. The Morgan fingerprint density at radius 3 is 2.42 bits per heavy atom. The number of methoxy groups -OCH3 is 1. The average Bonchev–Trinajstić information content (AvgIpc) is 2.37. The number of carbonyl (C=O) groups is 1. The number of aryl methyl sites for hydroxylation is 1. The number of benzene rings is 2. The number of ether oxygens (including phenoxy) is 1. The first-order chi connectivity index (χ1) is 9.02. The second-order valence-electron chi connectivity index (χ2n) is 4.25. The Morgan fingerprint density at radius 2 is 1.84 bits per heavy atom. The molecular formula is C15H14FNO2. The first kappa shape index (κ1) is 13.1. The van der Waals surface area contributed by atoms with E-state index >= 15 is 0 Å². The van der Waals surface area contributed by atoms with E-state index in [1.807, 2.05) is 0 Å². The van der Waals surface area contributed by atoms with Crippen LogP contribution >= 0.6 is 0 Å². The van der Waals surface area contributed by atoms with Crippen molar-refractivity contribution in [3.63, 3.8) is 0 Å². The van der Waals surface area contributed by atoms with E-state index in [4.69, 9.17) is 10.5 Å². The number of hydrogen-bond acceptors (Lipinski definition) is 3. The number of ketones is 1. The zero-order chi connectivity index (χ0) is 14.0. The summed E-state index contributed by atoms with van der Waals surface area (Å²) in [7, 11) is 1.44. The van der Waals surface area contributed by atoms with Crippen LogP contribution in [0, 0.1) is 12.7 Å². The van der Waals surface area contributed by atoms with E-state index in [-0.39, 0.29) is 11.3 Å². The van der Waals surface area contributed by atoms with Gasteiger partial charge in [-0.2, -0.15) is 0 Å². The molecule has 0 saturated carbocycles. The van der Waals surface area contributed by atoms with Crippen LogP contribution in [0.1, 0.15) is 21.5 Å². The van der Waals surface area contributed by atoms with E-state index in [0.717, 1.165) is 5.56 Å². The number of nitrogen functional groups attached to an aromatic ring is 1. The molecule has 0 amide bonds. The van der Waals surface area contributed by atoms with Crippen LogP contribution in [0.15, 0.2) is 36.4 Å². The molecule has 19 heavy (non-hydrogen) atoms. The van der Waals surface area contributed by atoms with Crippen molar-refractivity contribution in [3.8, 4) is 5.75 Å². The molecule has 0 aliphatic heterocycles. The van der Waals surface area contributed by atoms with Crippen molar-refractivity contribution in [2.24, 2.45) is 0 Å². The lowest BCUT2D eigenvalue weighted by Crippen LogP contribution is -2.07. The largest absolute Gasteiger partial charge is 0.497 e. The number of nitrogens with two attached hydrogens (primary N) is 1. The lowest BCUT2D eigenvalue weighted by Gasteiger charge is -2.08. The number of rotatable bonds is 3. The summed E-state index contributed by atoms with van der Waals surface area (Å²) in [5.41, 5.74) is 7.39. The molecule has 2 aromatic rings. The normalized spacial score (nSPS) is 10.3. The predicted molar refractivity (Wildman–Crippen MR) is 72.0 cm³/mol. The summed E-state index contributed by atoms with van der Waals surface area (Å²) in [5.74, 6) is -0.582.